The van der Waals surface area contributed by atoms with Gasteiger partial charge in [0.15, 0.2) is 0 Å². The number of hydrogen-bond donors (Lipinski definition) is 0. The molecule has 0 fully saturated rings. The van der Waals surface area contributed by atoms with Crippen LogP contribution in [0.2, 0.25) is 0 Å². The standard InChI is InChI=1S/C16H24N2O/c1-3-18(4-2)16(19)13-17-11-9-14-7-5-6-8-15(14)10-12-17/h5-8H,3-4,9-13H2,1-2H3. The Morgan fingerprint density at radius 3 is 2.11 bits per heavy atom. The number of fused-ring (bicyclic) bond motifs is 1. The van der Waals surface area contributed by atoms with Crippen LogP contribution in [0.25, 0.3) is 0 Å². The summed E-state index contributed by atoms with van der Waals surface area (Å²) < 4.78 is 0. The van der Waals surface area contributed by atoms with Crippen LogP contribution in [0.1, 0.15) is 25.0 Å². The molecule has 0 atom stereocenters. The van der Waals surface area contributed by atoms with Crippen molar-refractivity contribution in [1.82, 2.24) is 9.80 Å². The van der Waals surface area contributed by atoms with Crippen LogP contribution in [0.5, 0.6) is 0 Å². The zero-order chi connectivity index (χ0) is 13.7. The van der Waals surface area contributed by atoms with Gasteiger partial charge in [-0.2, -0.15) is 0 Å². The Balaban J connectivity index is 1.93. The van der Waals surface area contributed by atoms with Gasteiger partial charge >= 0.3 is 0 Å². The fourth-order valence-corrected chi connectivity index (χ4v) is 2.74. The summed E-state index contributed by atoms with van der Waals surface area (Å²) in [5.41, 5.74) is 2.89. The minimum atomic E-state index is 0.260. The summed E-state index contributed by atoms with van der Waals surface area (Å²) in [6.45, 7) is 8.25. The van der Waals surface area contributed by atoms with Gasteiger partial charge in [-0.05, 0) is 37.8 Å². The van der Waals surface area contributed by atoms with Crippen molar-refractivity contribution < 1.29 is 4.79 Å². The molecule has 0 saturated carbocycles. The van der Waals surface area contributed by atoms with E-state index in [0.717, 1.165) is 39.0 Å². The summed E-state index contributed by atoms with van der Waals surface area (Å²) in [6.07, 6.45) is 2.11. The quantitative estimate of drug-likeness (QED) is 0.826. The first-order valence-electron chi connectivity index (χ1n) is 7.31. The summed E-state index contributed by atoms with van der Waals surface area (Å²) in [7, 11) is 0. The Bertz CT molecular complexity index is 400. The third kappa shape index (κ3) is 3.57. The minimum Gasteiger partial charge on any atom is -0.342 e. The highest BCUT2D eigenvalue weighted by atomic mass is 16.2. The highest BCUT2D eigenvalue weighted by molar-refractivity contribution is 5.78. The Labute approximate surface area is 116 Å². The van der Waals surface area contributed by atoms with E-state index in [0.29, 0.717) is 6.54 Å². The van der Waals surface area contributed by atoms with Gasteiger partial charge in [-0.3, -0.25) is 9.69 Å². The molecule has 0 bridgehead atoms. The Hall–Kier alpha value is -1.35. The van der Waals surface area contributed by atoms with Crippen LogP contribution < -0.4 is 0 Å². The molecule has 0 saturated heterocycles. The van der Waals surface area contributed by atoms with E-state index in [-0.39, 0.29) is 5.91 Å². The summed E-state index contributed by atoms with van der Waals surface area (Å²) in [6, 6.07) is 8.64. The third-order valence-electron chi connectivity index (χ3n) is 3.99. The van der Waals surface area contributed by atoms with Crippen molar-refractivity contribution in [3.8, 4) is 0 Å². The molecule has 19 heavy (non-hydrogen) atoms. The van der Waals surface area contributed by atoms with Gasteiger partial charge < -0.3 is 4.90 Å². The molecule has 1 aromatic rings. The molecule has 1 aromatic carbocycles. The number of carbonyl (C=O) groups excluding carboxylic acids is 1. The maximum Gasteiger partial charge on any atom is 0.236 e. The number of rotatable bonds is 4. The molecule has 2 rings (SSSR count). The van der Waals surface area contributed by atoms with E-state index in [1.54, 1.807) is 0 Å². The monoisotopic (exact) mass is 260 g/mol. The molecule has 1 amide bonds. The average Bonchev–Trinajstić information content (AvgIpc) is 2.63. The Morgan fingerprint density at radius 2 is 1.63 bits per heavy atom. The van der Waals surface area contributed by atoms with Crippen LogP contribution in [0.15, 0.2) is 24.3 Å². The SMILES string of the molecule is CCN(CC)C(=O)CN1CCc2ccccc2CC1. The molecular weight excluding hydrogens is 236 g/mol. The second-order valence-corrected chi connectivity index (χ2v) is 5.11. The Morgan fingerprint density at radius 1 is 1.11 bits per heavy atom. The van der Waals surface area contributed by atoms with Crippen molar-refractivity contribution in [3.05, 3.63) is 35.4 Å². The van der Waals surface area contributed by atoms with Crippen LogP contribution >= 0.6 is 0 Å². The molecule has 3 heteroatoms. The third-order valence-corrected chi connectivity index (χ3v) is 3.99. The van der Waals surface area contributed by atoms with Gasteiger partial charge in [0.25, 0.3) is 0 Å². The number of benzene rings is 1. The molecule has 1 aliphatic rings. The van der Waals surface area contributed by atoms with Gasteiger partial charge in [0.2, 0.25) is 5.91 Å². The largest absolute Gasteiger partial charge is 0.342 e. The van der Waals surface area contributed by atoms with E-state index in [1.165, 1.54) is 11.1 Å². The fourth-order valence-electron chi connectivity index (χ4n) is 2.74. The smallest absolute Gasteiger partial charge is 0.236 e. The molecule has 3 nitrogen and oxygen atoms in total. The second-order valence-electron chi connectivity index (χ2n) is 5.11. The van der Waals surface area contributed by atoms with Gasteiger partial charge in [0.1, 0.15) is 0 Å². The van der Waals surface area contributed by atoms with Crippen molar-refractivity contribution in [1.29, 1.82) is 0 Å². The minimum absolute atomic E-state index is 0.260. The topological polar surface area (TPSA) is 23.6 Å². The maximum absolute atomic E-state index is 12.1. The molecule has 1 heterocycles. The Kier molecular flexibility index (Phi) is 4.97. The number of carbonyl (C=O) groups is 1. The van der Waals surface area contributed by atoms with Crippen molar-refractivity contribution in [2.75, 3.05) is 32.7 Å². The van der Waals surface area contributed by atoms with Crippen molar-refractivity contribution in [2.45, 2.75) is 26.7 Å². The molecule has 0 unspecified atom stereocenters. The van der Waals surface area contributed by atoms with Crippen LogP contribution in [-0.2, 0) is 17.6 Å². The molecule has 0 aromatic heterocycles. The molecule has 1 aliphatic heterocycles. The normalized spacial score (nSPS) is 15.7. The second kappa shape index (κ2) is 6.71. The van der Waals surface area contributed by atoms with Crippen molar-refractivity contribution >= 4 is 5.91 Å². The highest BCUT2D eigenvalue weighted by Gasteiger charge is 2.18. The lowest BCUT2D eigenvalue weighted by molar-refractivity contribution is -0.132. The van der Waals surface area contributed by atoms with E-state index in [1.807, 2.05) is 18.7 Å². The van der Waals surface area contributed by atoms with E-state index >= 15 is 0 Å². The number of hydrogen-bond acceptors (Lipinski definition) is 2. The van der Waals surface area contributed by atoms with Crippen LogP contribution in [-0.4, -0.2) is 48.4 Å². The predicted molar refractivity (Wildman–Crippen MR) is 78.2 cm³/mol. The fraction of sp³-hybridized carbons (Fsp3) is 0.562. The molecule has 0 aliphatic carbocycles. The van der Waals surface area contributed by atoms with Gasteiger partial charge in [0.05, 0.1) is 6.54 Å². The predicted octanol–water partition coefficient (Wildman–Crippen LogP) is 1.96. The van der Waals surface area contributed by atoms with Crippen molar-refractivity contribution in [2.24, 2.45) is 0 Å². The summed E-state index contributed by atoms with van der Waals surface area (Å²) in [4.78, 5) is 16.3. The summed E-state index contributed by atoms with van der Waals surface area (Å²) in [5, 5.41) is 0. The lowest BCUT2D eigenvalue weighted by atomic mass is 10.0. The summed E-state index contributed by atoms with van der Waals surface area (Å²) >= 11 is 0. The van der Waals surface area contributed by atoms with Gasteiger partial charge in [-0.1, -0.05) is 24.3 Å². The lowest BCUT2D eigenvalue weighted by Crippen LogP contribution is -2.41. The van der Waals surface area contributed by atoms with Crippen LogP contribution in [0.3, 0.4) is 0 Å². The van der Waals surface area contributed by atoms with Gasteiger partial charge in [-0.15, -0.1) is 0 Å². The van der Waals surface area contributed by atoms with Gasteiger partial charge in [0, 0.05) is 26.2 Å². The van der Waals surface area contributed by atoms with E-state index in [4.69, 9.17) is 0 Å². The maximum atomic E-state index is 12.1. The first kappa shape index (κ1) is 14.1. The number of likely N-dealkylation sites (N-methyl/N-ethyl adjacent to an activating group) is 1. The summed E-state index contributed by atoms with van der Waals surface area (Å²) in [5.74, 6) is 0.260. The highest BCUT2D eigenvalue weighted by Crippen LogP contribution is 2.15. The van der Waals surface area contributed by atoms with Crippen LogP contribution in [0, 0.1) is 0 Å². The molecular formula is C16H24N2O. The lowest BCUT2D eigenvalue weighted by Gasteiger charge is -2.24. The number of nitrogens with zero attached hydrogens (tertiary/aromatic N) is 2. The van der Waals surface area contributed by atoms with E-state index < -0.39 is 0 Å². The van der Waals surface area contributed by atoms with E-state index in [2.05, 4.69) is 29.2 Å². The molecule has 0 spiro atoms. The average molecular weight is 260 g/mol. The molecule has 0 radical (unpaired) electrons. The number of amides is 1. The van der Waals surface area contributed by atoms with Crippen LogP contribution in [0.4, 0.5) is 0 Å². The first-order valence-corrected chi connectivity index (χ1v) is 7.31. The van der Waals surface area contributed by atoms with Gasteiger partial charge in [-0.25, -0.2) is 0 Å². The molecule has 0 N–H and O–H groups in total. The van der Waals surface area contributed by atoms with Crippen molar-refractivity contribution in [3.63, 3.8) is 0 Å². The zero-order valence-corrected chi connectivity index (χ0v) is 12.1. The molecule has 104 valence electrons. The zero-order valence-electron chi connectivity index (χ0n) is 12.1. The van der Waals surface area contributed by atoms with E-state index in [9.17, 15) is 4.79 Å². The first-order chi connectivity index (χ1) is 9.24.